The first-order valence-corrected chi connectivity index (χ1v) is 10.2. The lowest BCUT2D eigenvalue weighted by atomic mass is 9.86. The van der Waals surface area contributed by atoms with E-state index in [9.17, 15) is 4.79 Å². The predicted molar refractivity (Wildman–Crippen MR) is 110 cm³/mol. The summed E-state index contributed by atoms with van der Waals surface area (Å²) in [6.07, 6.45) is 1.85. The van der Waals surface area contributed by atoms with Gasteiger partial charge in [0, 0.05) is 42.8 Å². The molecule has 0 saturated carbocycles. The Morgan fingerprint density at radius 1 is 1.26 bits per heavy atom. The Labute approximate surface area is 177 Å². The SMILES string of the molecule is CC1(C)C(=O)Nc2cc(Nc3nc4ccnc(C(F)(F)C5CCOCC5)n4n3)ccc21. The highest BCUT2D eigenvalue weighted by Crippen LogP contribution is 2.41. The Morgan fingerprint density at radius 2 is 2.03 bits per heavy atom. The van der Waals surface area contributed by atoms with Gasteiger partial charge in [-0.1, -0.05) is 6.07 Å². The van der Waals surface area contributed by atoms with Crippen molar-refractivity contribution in [3.63, 3.8) is 0 Å². The van der Waals surface area contributed by atoms with Crippen LogP contribution in [0.1, 0.15) is 38.1 Å². The Kier molecular flexibility index (Phi) is 4.44. The van der Waals surface area contributed by atoms with Crippen LogP contribution in [0.25, 0.3) is 5.65 Å². The number of carbonyl (C=O) groups excluding carboxylic acids is 1. The molecular weight excluding hydrogens is 406 g/mol. The molecule has 1 aromatic carbocycles. The number of alkyl halides is 2. The lowest BCUT2D eigenvalue weighted by Gasteiger charge is -2.29. The van der Waals surface area contributed by atoms with Crippen molar-refractivity contribution >= 4 is 28.9 Å². The minimum Gasteiger partial charge on any atom is -0.381 e. The van der Waals surface area contributed by atoms with Gasteiger partial charge in [0.05, 0.1) is 5.41 Å². The summed E-state index contributed by atoms with van der Waals surface area (Å²) in [6, 6.07) is 6.98. The minimum atomic E-state index is -3.16. The van der Waals surface area contributed by atoms with Gasteiger partial charge >= 0.3 is 5.92 Å². The van der Waals surface area contributed by atoms with Crippen LogP contribution in [0.15, 0.2) is 30.5 Å². The molecule has 10 heteroatoms. The summed E-state index contributed by atoms with van der Waals surface area (Å²) in [5, 5.41) is 10.1. The quantitative estimate of drug-likeness (QED) is 0.659. The molecule has 2 aliphatic heterocycles. The van der Waals surface area contributed by atoms with E-state index in [1.54, 1.807) is 6.07 Å². The van der Waals surface area contributed by atoms with Gasteiger partial charge < -0.3 is 15.4 Å². The zero-order chi connectivity index (χ0) is 21.8. The van der Waals surface area contributed by atoms with Crippen molar-refractivity contribution in [3.8, 4) is 0 Å². The van der Waals surface area contributed by atoms with Crippen molar-refractivity contribution in [2.75, 3.05) is 23.8 Å². The van der Waals surface area contributed by atoms with E-state index in [4.69, 9.17) is 4.74 Å². The summed E-state index contributed by atoms with van der Waals surface area (Å²) in [6.45, 7) is 4.34. The van der Waals surface area contributed by atoms with Crippen LogP contribution in [0.5, 0.6) is 0 Å². The van der Waals surface area contributed by atoms with Gasteiger partial charge in [0.2, 0.25) is 17.7 Å². The molecule has 0 aliphatic carbocycles. The van der Waals surface area contributed by atoms with Crippen LogP contribution in [0.2, 0.25) is 0 Å². The summed E-state index contributed by atoms with van der Waals surface area (Å²) in [4.78, 5) is 20.4. The summed E-state index contributed by atoms with van der Waals surface area (Å²) in [5.41, 5.74) is 1.91. The maximum absolute atomic E-state index is 15.2. The van der Waals surface area contributed by atoms with Crippen LogP contribution in [0.4, 0.5) is 26.1 Å². The molecule has 31 heavy (non-hydrogen) atoms. The smallest absolute Gasteiger partial charge is 0.309 e. The lowest BCUT2D eigenvalue weighted by Crippen LogP contribution is -2.34. The van der Waals surface area contributed by atoms with Gasteiger partial charge in [-0.15, -0.1) is 5.10 Å². The fourth-order valence-electron chi connectivity index (χ4n) is 4.14. The number of halogens is 2. The molecule has 1 saturated heterocycles. The van der Waals surface area contributed by atoms with E-state index < -0.39 is 23.1 Å². The Hall–Kier alpha value is -3.14. The Balaban J connectivity index is 1.46. The van der Waals surface area contributed by atoms with E-state index in [2.05, 4.69) is 25.7 Å². The molecule has 1 amide bonds. The largest absolute Gasteiger partial charge is 0.381 e. The third kappa shape index (κ3) is 3.21. The zero-order valence-corrected chi connectivity index (χ0v) is 17.2. The van der Waals surface area contributed by atoms with Crippen molar-refractivity contribution in [1.82, 2.24) is 19.6 Å². The molecule has 162 valence electrons. The summed E-state index contributed by atoms with van der Waals surface area (Å²) < 4.78 is 36.7. The highest BCUT2D eigenvalue weighted by Gasteiger charge is 2.45. The molecule has 2 N–H and O–H groups in total. The van der Waals surface area contributed by atoms with Gasteiger partial charge in [-0.05, 0) is 44.4 Å². The number of nitrogens with one attached hydrogen (secondary N) is 2. The predicted octanol–water partition coefficient (Wildman–Crippen LogP) is 3.62. The van der Waals surface area contributed by atoms with Gasteiger partial charge in [-0.2, -0.15) is 18.3 Å². The molecule has 0 atom stereocenters. The topological polar surface area (TPSA) is 93.4 Å². The van der Waals surface area contributed by atoms with Crippen LogP contribution < -0.4 is 10.6 Å². The lowest BCUT2D eigenvalue weighted by molar-refractivity contribution is -0.119. The van der Waals surface area contributed by atoms with Crippen LogP contribution in [-0.4, -0.2) is 38.7 Å². The molecule has 1 fully saturated rings. The average molecular weight is 428 g/mol. The molecule has 2 aliphatic rings. The number of fused-ring (bicyclic) bond motifs is 2. The molecule has 0 radical (unpaired) electrons. The van der Waals surface area contributed by atoms with Crippen LogP contribution >= 0.6 is 0 Å². The van der Waals surface area contributed by atoms with Gasteiger partial charge in [0.1, 0.15) is 0 Å². The summed E-state index contributed by atoms with van der Waals surface area (Å²) in [5.74, 6) is -4.35. The van der Waals surface area contributed by atoms with Gasteiger partial charge in [-0.3, -0.25) is 4.79 Å². The van der Waals surface area contributed by atoms with E-state index in [0.29, 0.717) is 24.6 Å². The van der Waals surface area contributed by atoms with Crippen molar-refractivity contribution in [2.24, 2.45) is 5.92 Å². The van der Waals surface area contributed by atoms with E-state index in [-0.39, 0.29) is 30.3 Å². The van der Waals surface area contributed by atoms with E-state index >= 15 is 8.78 Å². The molecule has 2 aromatic heterocycles. The highest BCUT2D eigenvalue weighted by molar-refractivity contribution is 6.06. The van der Waals surface area contributed by atoms with E-state index in [0.717, 1.165) is 10.1 Å². The number of ether oxygens (including phenoxy) is 1. The molecule has 5 rings (SSSR count). The number of benzene rings is 1. The third-order valence-electron chi connectivity index (χ3n) is 6.05. The number of nitrogens with zero attached hydrogens (tertiary/aromatic N) is 4. The van der Waals surface area contributed by atoms with Crippen molar-refractivity contribution in [2.45, 2.75) is 38.0 Å². The first-order valence-electron chi connectivity index (χ1n) is 10.2. The van der Waals surface area contributed by atoms with E-state index in [1.165, 1.54) is 12.3 Å². The Morgan fingerprint density at radius 3 is 2.81 bits per heavy atom. The maximum Gasteiger partial charge on any atom is 0.309 e. The standard InChI is InChI=1S/C21H22F2N6O2/c1-20(2)14-4-3-13(11-15(14)26-18(20)30)25-19-27-16-5-8-24-17(29(16)28-19)21(22,23)12-6-9-31-10-7-12/h3-5,8,11-12H,6-7,9-10H2,1-2H3,(H,25,28)(H,26,30). The Bertz CT molecular complexity index is 1170. The maximum atomic E-state index is 15.2. The highest BCUT2D eigenvalue weighted by atomic mass is 19.3. The fraction of sp³-hybridized carbons (Fsp3) is 0.429. The summed E-state index contributed by atoms with van der Waals surface area (Å²) in [7, 11) is 0. The first kappa shape index (κ1) is 19.8. The van der Waals surface area contributed by atoms with Crippen molar-refractivity contribution < 1.29 is 18.3 Å². The number of hydrogen-bond acceptors (Lipinski definition) is 6. The molecule has 3 aromatic rings. The zero-order valence-electron chi connectivity index (χ0n) is 17.2. The second-order valence-corrected chi connectivity index (χ2v) is 8.45. The number of amides is 1. The van der Waals surface area contributed by atoms with Crippen LogP contribution in [0, 0.1) is 5.92 Å². The van der Waals surface area contributed by atoms with Crippen LogP contribution in [0.3, 0.4) is 0 Å². The summed E-state index contributed by atoms with van der Waals surface area (Å²) >= 11 is 0. The van der Waals surface area contributed by atoms with Crippen molar-refractivity contribution in [3.05, 3.63) is 41.9 Å². The van der Waals surface area contributed by atoms with Crippen LogP contribution in [-0.2, 0) is 20.9 Å². The molecular formula is C21H22F2N6O2. The molecule has 8 nitrogen and oxygen atoms in total. The van der Waals surface area contributed by atoms with Gasteiger partial charge in [-0.25, -0.2) is 4.98 Å². The third-order valence-corrected chi connectivity index (χ3v) is 6.05. The van der Waals surface area contributed by atoms with Gasteiger partial charge in [0.15, 0.2) is 5.65 Å². The number of hydrogen-bond donors (Lipinski definition) is 2. The number of rotatable bonds is 4. The molecule has 0 unspecified atom stereocenters. The molecule has 0 bridgehead atoms. The first-order chi connectivity index (χ1) is 14.8. The second-order valence-electron chi connectivity index (χ2n) is 8.45. The van der Waals surface area contributed by atoms with Gasteiger partial charge in [0.25, 0.3) is 0 Å². The average Bonchev–Trinajstić information content (AvgIpc) is 3.25. The number of carbonyl (C=O) groups is 1. The number of aromatic nitrogens is 4. The normalized spacial score (nSPS) is 18.8. The molecule has 0 spiro atoms. The minimum absolute atomic E-state index is 0.0726. The monoisotopic (exact) mass is 428 g/mol. The van der Waals surface area contributed by atoms with E-state index in [1.807, 2.05) is 26.0 Å². The fourth-order valence-corrected chi connectivity index (χ4v) is 4.14. The second kappa shape index (κ2) is 6.94. The molecule has 4 heterocycles. The van der Waals surface area contributed by atoms with Crippen molar-refractivity contribution in [1.29, 1.82) is 0 Å². The number of anilines is 3.